The molecular formula is C17H32O4. The van der Waals surface area contributed by atoms with Gasteiger partial charge in [0.05, 0.1) is 5.41 Å². The van der Waals surface area contributed by atoms with Gasteiger partial charge in [-0.25, -0.2) is 0 Å². The molecule has 0 aromatic carbocycles. The molecule has 1 atom stereocenters. The Hall–Kier alpha value is -1.06. The van der Waals surface area contributed by atoms with E-state index in [4.69, 9.17) is 5.11 Å². The van der Waals surface area contributed by atoms with Crippen molar-refractivity contribution in [2.45, 2.75) is 85.0 Å². The highest BCUT2D eigenvalue weighted by Crippen LogP contribution is 2.43. The quantitative estimate of drug-likeness (QED) is 0.483. The van der Waals surface area contributed by atoms with Crippen molar-refractivity contribution in [3.05, 3.63) is 0 Å². The van der Waals surface area contributed by atoms with Gasteiger partial charge >= 0.3 is 11.9 Å². The molecule has 0 radical (unpaired) electrons. The second-order valence-electron chi connectivity index (χ2n) is 6.09. The minimum Gasteiger partial charge on any atom is -0.481 e. The van der Waals surface area contributed by atoms with E-state index < -0.39 is 17.4 Å². The summed E-state index contributed by atoms with van der Waals surface area (Å²) in [6.45, 7) is 6.18. The van der Waals surface area contributed by atoms with Crippen LogP contribution in [-0.2, 0) is 9.59 Å². The van der Waals surface area contributed by atoms with Gasteiger partial charge in [0.15, 0.2) is 0 Å². The third-order valence-electron chi connectivity index (χ3n) is 4.43. The maximum absolute atomic E-state index is 12.0. The molecule has 0 bridgehead atoms. The fraction of sp³-hybridized carbons (Fsp3) is 0.882. The maximum atomic E-state index is 12.0. The molecule has 21 heavy (non-hydrogen) atoms. The number of unbranched alkanes of at least 4 members (excludes halogenated alkanes) is 1. The van der Waals surface area contributed by atoms with Gasteiger partial charge in [-0.15, -0.1) is 0 Å². The molecule has 0 aromatic heterocycles. The zero-order chi connectivity index (χ0) is 16.3. The molecule has 0 aromatic rings. The van der Waals surface area contributed by atoms with Crippen LogP contribution in [0.4, 0.5) is 0 Å². The van der Waals surface area contributed by atoms with Gasteiger partial charge in [-0.2, -0.15) is 0 Å². The lowest BCUT2D eigenvalue weighted by Gasteiger charge is -2.37. The van der Waals surface area contributed by atoms with Gasteiger partial charge in [0.2, 0.25) is 0 Å². The van der Waals surface area contributed by atoms with Crippen LogP contribution in [0.15, 0.2) is 0 Å². The maximum Gasteiger partial charge on any atom is 0.309 e. The van der Waals surface area contributed by atoms with Crippen molar-refractivity contribution in [1.29, 1.82) is 0 Å². The Balaban J connectivity index is 4.93. The Bertz CT molecular complexity index is 306. The number of carboxylic acid groups (broad SMARTS) is 2. The molecule has 0 aliphatic heterocycles. The van der Waals surface area contributed by atoms with E-state index in [-0.39, 0.29) is 12.3 Å². The topological polar surface area (TPSA) is 74.6 Å². The van der Waals surface area contributed by atoms with Crippen molar-refractivity contribution in [1.82, 2.24) is 0 Å². The summed E-state index contributed by atoms with van der Waals surface area (Å²) in [5.74, 6) is -1.27. The van der Waals surface area contributed by atoms with Crippen LogP contribution in [0.5, 0.6) is 0 Å². The lowest BCUT2D eigenvalue weighted by molar-refractivity contribution is -0.155. The van der Waals surface area contributed by atoms with Crippen molar-refractivity contribution < 1.29 is 19.8 Å². The predicted octanol–water partition coefficient (Wildman–Crippen LogP) is 4.72. The van der Waals surface area contributed by atoms with Crippen LogP contribution in [0.25, 0.3) is 0 Å². The number of hydrogen-bond donors (Lipinski definition) is 2. The molecule has 0 aliphatic carbocycles. The van der Waals surface area contributed by atoms with Gasteiger partial charge in [0.25, 0.3) is 0 Å². The van der Waals surface area contributed by atoms with E-state index in [0.29, 0.717) is 6.42 Å². The Morgan fingerprint density at radius 2 is 1.48 bits per heavy atom. The van der Waals surface area contributed by atoms with E-state index in [0.717, 1.165) is 51.4 Å². The average molecular weight is 300 g/mol. The highest BCUT2D eigenvalue weighted by Gasteiger charge is 2.43. The molecule has 0 saturated heterocycles. The predicted molar refractivity (Wildman–Crippen MR) is 84.4 cm³/mol. The van der Waals surface area contributed by atoms with E-state index in [1.165, 1.54) is 0 Å². The monoisotopic (exact) mass is 300 g/mol. The number of rotatable bonds is 13. The van der Waals surface area contributed by atoms with Crippen LogP contribution in [-0.4, -0.2) is 22.2 Å². The number of hydrogen-bond acceptors (Lipinski definition) is 2. The third kappa shape index (κ3) is 6.49. The van der Waals surface area contributed by atoms with E-state index in [2.05, 4.69) is 6.92 Å². The zero-order valence-corrected chi connectivity index (χ0v) is 13.9. The summed E-state index contributed by atoms with van der Waals surface area (Å²) < 4.78 is 0. The van der Waals surface area contributed by atoms with Crippen molar-refractivity contribution in [2.24, 2.45) is 11.3 Å². The molecule has 4 nitrogen and oxygen atoms in total. The molecule has 0 amide bonds. The van der Waals surface area contributed by atoms with E-state index in [9.17, 15) is 14.7 Å². The summed E-state index contributed by atoms with van der Waals surface area (Å²) in [4.78, 5) is 22.6. The Morgan fingerprint density at radius 1 is 0.905 bits per heavy atom. The van der Waals surface area contributed by atoms with Crippen molar-refractivity contribution in [3.63, 3.8) is 0 Å². The van der Waals surface area contributed by atoms with E-state index in [1.54, 1.807) is 0 Å². The van der Waals surface area contributed by atoms with Crippen LogP contribution in [0.1, 0.15) is 85.0 Å². The van der Waals surface area contributed by atoms with Crippen LogP contribution in [0.3, 0.4) is 0 Å². The second-order valence-corrected chi connectivity index (χ2v) is 6.09. The summed E-state index contributed by atoms with van der Waals surface area (Å²) in [5, 5.41) is 18.5. The smallest absolute Gasteiger partial charge is 0.309 e. The lowest BCUT2D eigenvalue weighted by Crippen LogP contribution is -2.39. The summed E-state index contributed by atoms with van der Waals surface area (Å²) in [6.07, 6.45) is 7.55. The Morgan fingerprint density at radius 3 is 1.86 bits per heavy atom. The highest BCUT2D eigenvalue weighted by molar-refractivity contribution is 5.75. The zero-order valence-electron chi connectivity index (χ0n) is 13.9. The first-order chi connectivity index (χ1) is 9.94. The summed E-state index contributed by atoms with van der Waals surface area (Å²) >= 11 is 0. The number of carbonyl (C=O) groups is 2. The third-order valence-corrected chi connectivity index (χ3v) is 4.43. The molecule has 124 valence electrons. The Labute approximate surface area is 128 Å². The van der Waals surface area contributed by atoms with Crippen LogP contribution in [0.2, 0.25) is 0 Å². The van der Waals surface area contributed by atoms with Gasteiger partial charge < -0.3 is 10.2 Å². The van der Waals surface area contributed by atoms with Gasteiger partial charge in [-0.05, 0) is 38.0 Å². The van der Waals surface area contributed by atoms with Crippen LogP contribution < -0.4 is 0 Å². The van der Waals surface area contributed by atoms with E-state index >= 15 is 0 Å². The van der Waals surface area contributed by atoms with Crippen molar-refractivity contribution in [3.8, 4) is 0 Å². The largest absolute Gasteiger partial charge is 0.481 e. The van der Waals surface area contributed by atoms with Crippen molar-refractivity contribution >= 4 is 11.9 Å². The molecule has 2 N–H and O–H groups in total. The van der Waals surface area contributed by atoms with Crippen molar-refractivity contribution in [2.75, 3.05) is 0 Å². The minimum atomic E-state index is -0.770. The first kappa shape index (κ1) is 19.9. The molecule has 0 spiro atoms. The van der Waals surface area contributed by atoms with Gasteiger partial charge in [-0.3, -0.25) is 9.59 Å². The lowest BCUT2D eigenvalue weighted by atomic mass is 9.66. The molecule has 0 fully saturated rings. The van der Waals surface area contributed by atoms with Gasteiger partial charge in [0, 0.05) is 6.42 Å². The summed E-state index contributed by atoms with van der Waals surface area (Å²) in [5.41, 5.74) is -0.622. The minimum absolute atomic E-state index is 0.161. The van der Waals surface area contributed by atoms with Gasteiger partial charge in [-0.1, -0.05) is 46.5 Å². The van der Waals surface area contributed by atoms with Crippen LogP contribution >= 0.6 is 0 Å². The first-order valence-electron chi connectivity index (χ1n) is 8.39. The molecule has 0 aliphatic rings. The molecule has 0 heterocycles. The van der Waals surface area contributed by atoms with E-state index in [1.807, 2.05) is 13.8 Å². The molecular weight excluding hydrogens is 268 g/mol. The summed E-state index contributed by atoms with van der Waals surface area (Å²) in [7, 11) is 0. The Kier molecular flexibility index (Phi) is 10.1. The fourth-order valence-electron chi connectivity index (χ4n) is 3.53. The van der Waals surface area contributed by atoms with Crippen LogP contribution in [0, 0.1) is 11.3 Å². The normalized spacial score (nSPS) is 13.1. The highest BCUT2D eigenvalue weighted by atomic mass is 16.4. The fourth-order valence-corrected chi connectivity index (χ4v) is 3.53. The first-order valence-corrected chi connectivity index (χ1v) is 8.39. The van der Waals surface area contributed by atoms with Gasteiger partial charge in [0.1, 0.15) is 0 Å². The number of carboxylic acids is 2. The molecule has 0 saturated carbocycles. The average Bonchev–Trinajstić information content (AvgIpc) is 2.41. The second kappa shape index (κ2) is 10.6. The molecule has 0 rings (SSSR count). The summed E-state index contributed by atoms with van der Waals surface area (Å²) in [6, 6.07) is 0. The standard InChI is InChI=1S/C17H32O4/c1-4-9-14(10-7-8-11-15(18)19)17(12-5-2,13-6-3)16(20)21/h14H,4-13H2,1-3H3,(H,18,19)(H,20,21). The SMILES string of the molecule is CCCC(CCCCC(=O)O)C(CCC)(CCC)C(=O)O. The number of aliphatic carboxylic acids is 2. The molecule has 4 heteroatoms. The molecule has 1 unspecified atom stereocenters.